The maximum atomic E-state index is 4.20. The highest BCUT2D eigenvalue weighted by molar-refractivity contribution is 6.83. The summed E-state index contributed by atoms with van der Waals surface area (Å²) >= 11 is 0. The van der Waals surface area contributed by atoms with Crippen molar-refractivity contribution in [3.05, 3.63) is 64.0 Å². The zero-order valence-electron chi connectivity index (χ0n) is 13.5. The lowest BCUT2D eigenvalue weighted by atomic mass is 9.94. The van der Waals surface area contributed by atoms with Crippen molar-refractivity contribution < 1.29 is 4.58 Å². The number of benzene rings is 1. The van der Waals surface area contributed by atoms with Gasteiger partial charge in [-0.05, 0) is 25.5 Å². The summed E-state index contributed by atoms with van der Waals surface area (Å²) in [5.74, 6) is 0. The molecule has 1 aliphatic rings. The van der Waals surface area contributed by atoms with Crippen molar-refractivity contribution in [1.82, 2.24) is 0 Å². The second-order valence-corrected chi connectivity index (χ2v) is 11.9. The van der Waals surface area contributed by atoms with E-state index < -0.39 is 8.07 Å². The topological polar surface area (TPSA) is 3.01 Å². The van der Waals surface area contributed by atoms with E-state index in [0.29, 0.717) is 0 Å². The molecule has 2 rings (SSSR count). The first-order chi connectivity index (χ1) is 9.20. The van der Waals surface area contributed by atoms with Gasteiger partial charge in [0.05, 0.1) is 14.8 Å². The van der Waals surface area contributed by atoms with Gasteiger partial charge in [-0.1, -0.05) is 60.6 Å². The third-order valence-electron chi connectivity index (χ3n) is 4.01. The van der Waals surface area contributed by atoms with Crippen molar-refractivity contribution in [1.29, 1.82) is 0 Å². The molecule has 0 unspecified atom stereocenters. The summed E-state index contributed by atoms with van der Waals surface area (Å²) in [7, 11) is -1.28. The SMILES string of the molecule is C=[N+]1C=C([Si](C)(C)C)C=C[C-]1c1cc(C)c(C)cc1C. The van der Waals surface area contributed by atoms with Crippen LogP contribution in [0, 0.1) is 26.8 Å². The predicted octanol–water partition coefficient (Wildman–Crippen LogP) is 4.54. The van der Waals surface area contributed by atoms with E-state index in [1.807, 2.05) is 4.58 Å². The predicted molar refractivity (Wildman–Crippen MR) is 90.9 cm³/mol. The average molecular weight is 283 g/mol. The van der Waals surface area contributed by atoms with Crippen molar-refractivity contribution in [3.8, 4) is 0 Å². The van der Waals surface area contributed by atoms with E-state index in [2.05, 4.69) is 77.6 Å². The summed E-state index contributed by atoms with van der Waals surface area (Å²) in [6, 6.07) is 5.72. The first-order valence-electron chi connectivity index (χ1n) is 7.15. The molecular formula is C18H25NSi. The van der Waals surface area contributed by atoms with E-state index in [-0.39, 0.29) is 0 Å². The molecule has 20 heavy (non-hydrogen) atoms. The van der Waals surface area contributed by atoms with Crippen LogP contribution in [0.15, 0.2) is 35.7 Å². The van der Waals surface area contributed by atoms with Crippen molar-refractivity contribution in [3.63, 3.8) is 0 Å². The molecule has 0 fully saturated rings. The highest BCUT2D eigenvalue weighted by atomic mass is 28.3. The Kier molecular flexibility index (Phi) is 3.79. The zero-order chi connectivity index (χ0) is 15.1. The van der Waals surface area contributed by atoms with Gasteiger partial charge in [-0.15, -0.1) is 6.08 Å². The largest absolute Gasteiger partial charge is 0.255 e. The number of rotatable bonds is 2. The monoisotopic (exact) mass is 283 g/mol. The molecule has 0 aliphatic carbocycles. The van der Waals surface area contributed by atoms with Crippen LogP contribution in [-0.2, 0) is 0 Å². The van der Waals surface area contributed by atoms with Crippen LogP contribution in [0.3, 0.4) is 0 Å². The molecule has 1 aliphatic heterocycles. The van der Waals surface area contributed by atoms with Crippen LogP contribution in [0.1, 0.15) is 22.3 Å². The van der Waals surface area contributed by atoms with Crippen LogP contribution in [0.4, 0.5) is 0 Å². The van der Waals surface area contributed by atoms with Gasteiger partial charge in [0.1, 0.15) is 12.2 Å². The van der Waals surface area contributed by atoms with Gasteiger partial charge >= 0.3 is 0 Å². The standard InChI is InChI=1S/C18H25NSi/c1-13-10-15(3)17(11-14(13)2)18-9-8-16(12-19(18)4)20(5,6)7/h8-12H,4H2,1-3,5-7H3. The third-order valence-corrected chi connectivity index (χ3v) is 6.04. The van der Waals surface area contributed by atoms with Crippen LogP contribution in [0.5, 0.6) is 0 Å². The smallest absolute Gasteiger partial charge is 0.147 e. The Morgan fingerprint density at radius 1 is 1.00 bits per heavy atom. The average Bonchev–Trinajstić information content (AvgIpc) is 2.33. The molecule has 1 heterocycles. The summed E-state index contributed by atoms with van der Waals surface area (Å²) in [6.07, 6.45) is 6.70. The molecular weight excluding hydrogens is 258 g/mol. The Balaban J connectivity index is 2.39. The van der Waals surface area contributed by atoms with Crippen LogP contribution in [0.2, 0.25) is 19.6 Å². The van der Waals surface area contributed by atoms with Gasteiger partial charge in [0.25, 0.3) is 0 Å². The molecule has 0 atom stereocenters. The van der Waals surface area contributed by atoms with Gasteiger partial charge < -0.3 is 0 Å². The molecule has 0 saturated heterocycles. The summed E-state index contributed by atoms with van der Waals surface area (Å²) in [5.41, 5.74) is 5.27. The van der Waals surface area contributed by atoms with Crippen molar-refractivity contribution in [2.75, 3.05) is 0 Å². The number of nitrogens with zero attached hydrogens (tertiary/aromatic N) is 1. The first-order valence-corrected chi connectivity index (χ1v) is 10.7. The van der Waals surface area contributed by atoms with E-state index in [1.165, 1.54) is 33.5 Å². The lowest BCUT2D eigenvalue weighted by Gasteiger charge is -2.26. The fraction of sp³-hybridized carbons (Fsp3) is 0.333. The Morgan fingerprint density at radius 3 is 2.15 bits per heavy atom. The second kappa shape index (κ2) is 5.10. The van der Waals surface area contributed by atoms with Crippen LogP contribution >= 0.6 is 0 Å². The van der Waals surface area contributed by atoms with E-state index in [0.717, 1.165) is 0 Å². The Hall–Kier alpha value is -1.54. The highest BCUT2D eigenvalue weighted by Crippen LogP contribution is 2.29. The molecule has 0 amide bonds. The summed E-state index contributed by atoms with van der Waals surface area (Å²) < 4.78 is 2.03. The summed E-state index contributed by atoms with van der Waals surface area (Å²) in [6.45, 7) is 17.8. The quantitative estimate of drug-likeness (QED) is 0.426. The second-order valence-electron chi connectivity index (χ2n) is 6.77. The van der Waals surface area contributed by atoms with Gasteiger partial charge in [-0.25, -0.2) is 0 Å². The van der Waals surface area contributed by atoms with Crippen LogP contribution in [0.25, 0.3) is 0 Å². The van der Waals surface area contributed by atoms with Gasteiger partial charge in [0.2, 0.25) is 0 Å². The van der Waals surface area contributed by atoms with E-state index in [9.17, 15) is 0 Å². The zero-order valence-corrected chi connectivity index (χ0v) is 14.5. The summed E-state index contributed by atoms with van der Waals surface area (Å²) in [4.78, 5) is 0. The number of hydrogen-bond donors (Lipinski definition) is 0. The van der Waals surface area contributed by atoms with Crippen LogP contribution < -0.4 is 0 Å². The number of allylic oxidation sites excluding steroid dienone is 2. The van der Waals surface area contributed by atoms with Crippen LogP contribution in [-0.4, -0.2) is 19.4 Å². The van der Waals surface area contributed by atoms with E-state index in [1.54, 1.807) is 0 Å². The number of aryl methyl sites for hydroxylation is 3. The van der Waals surface area contributed by atoms with Gasteiger partial charge in [0.15, 0.2) is 0 Å². The molecule has 1 nitrogen and oxygen atoms in total. The molecule has 106 valence electrons. The molecule has 1 aromatic carbocycles. The molecule has 0 N–H and O–H groups in total. The summed E-state index contributed by atoms with van der Waals surface area (Å²) in [5, 5.41) is 1.44. The minimum absolute atomic E-state index is 1.19. The van der Waals surface area contributed by atoms with Crippen molar-refractivity contribution in [2.24, 2.45) is 0 Å². The van der Waals surface area contributed by atoms with Gasteiger partial charge in [0, 0.05) is 0 Å². The van der Waals surface area contributed by atoms with Crippen molar-refractivity contribution in [2.45, 2.75) is 40.4 Å². The van der Waals surface area contributed by atoms with Gasteiger partial charge in [-0.2, -0.15) is 0 Å². The molecule has 2 heteroatoms. The maximum absolute atomic E-state index is 4.20. The number of hydrogen-bond acceptors (Lipinski definition) is 0. The maximum Gasteiger partial charge on any atom is 0.147 e. The van der Waals surface area contributed by atoms with Gasteiger partial charge in [-0.3, -0.25) is 4.58 Å². The molecule has 1 aromatic rings. The lowest BCUT2D eigenvalue weighted by Crippen LogP contribution is -2.27. The van der Waals surface area contributed by atoms with E-state index in [4.69, 9.17) is 0 Å². The minimum atomic E-state index is -1.28. The lowest BCUT2D eigenvalue weighted by molar-refractivity contribution is -0.418. The minimum Gasteiger partial charge on any atom is -0.255 e. The van der Waals surface area contributed by atoms with E-state index >= 15 is 0 Å². The third kappa shape index (κ3) is 2.80. The highest BCUT2D eigenvalue weighted by Gasteiger charge is 2.24. The molecule has 0 saturated carbocycles. The molecule has 0 aromatic heterocycles. The Labute approximate surface area is 124 Å². The fourth-order valence-corrected chi connectivity index (χ4v) is 3.60. The Bertz CT molecular complexity index is 615. The first kappa shape index (κ1) is 14.9. The normalized spacial score (nSPS) is 15.6. The van der Waals surface area contributed by atoms with Crippen molar-refractivity contribution >= 4 is 14.8 Å². The molecule has 0 bridgehead atoms. The Morgan fingerprint density at radius 2 is 1.60 bits per heavy atom. The fourth-order valence-electron chi connectivity index (χ4n) is 2.47. The molecule has 0 spiro atoms. The molecule has 0 radical (unpaired) electrons.